The first-order valence-corrected chi connectivity index (χ1v) is 10.4. The molecule has 1 aromatic rings. The molecule has 1 fully saturated rings. The lowest BCUT2D eigenvalue weighted by Gasteiger charge is -2.37. The van der Waals surface area contributed by atoms with Crippen molar-refractivity contribution in [3.63, 3.8) is 0 Å². The number of carbonyl (C=O) groups excluding carboxylic acids is 3. The minimum Gasteiger partial charge on any atom is -0.486 e. The van der Waals surface area contributed by atoms with Crippen molar-refractivity contribution < 1.29 is 23.9 Å². The second-order valence-corrected chi connectivity index (χ2v) is 8.07. The van der Waals surface area contributed by atoms with Crippen LogP contribution in [-0.2, 0) is 14.3 Å². The summed E-state index contributed by atoms with van der Waals surface area (Å²) in [5, 5.41) is 2.84. The van der Waals surface area contributed by atoms with E-state index in [1.807, 2.05) is 26.0 Å². The van der Waals surface area contributed by atoms with Gasteiger partial charge >= 0.3 is 0 Å². The third-order valence-electron chi connectivity index (χ3n) is 5.41. The molecule has 1 spiro atoms. The van der Waals surface area contributed by atoms with Crippen LogP contribution in [0.25, 0.3) is 0 Å². The van der Waals surface area contributed by atoms with E-state index in [9.17, 15) is 14.4 Å². The van der Waals surface area contributed by atoms with Crippen molar-refractivity contribution in [2.45, 2.75) is 57.7 Å². The first-order chi connectivity index (χ1) is 13.9. The Morgan fingerprint density at radius 1 is 1.28 bits per heavy atom. The number of nitrogens with one attached hydrogen (secondary N) is 1. The molecule has 0 radical (unpaired) electrons. The molecule has 1 atom stereocenters. The topological polar surface area (TPSA) is 84.9 Å². The zero-order valence-corrected chi connectivity index (χ0v) is 17.2. The highest BCUT2D eigenvalue weighted by Gasteiger charge is 2.43. The second-order valence-electron chi connectivity index (χ2n) is 8.07. The minimum atomic E-state index is -0.666. The second kappa shape index (κ2) is 9.39. The fraction of sp³-hybridized carbons (Fsp3) is 0.591. The van der Waals surface area contributed by atoms with Gasteiger partial charge in [0.25, 0.3) is 0 Å². The molecule has 0 saturated carbocycles. The van der Waals surface area contributed by atoms with Crippen LogP contribution >= 0.6 is 0 Å². The Hall–Kier alpha value is -2.41. The van der Waals surface area contributed by atoms with Crippen molar-refractivity contribution in [2.75, 3.05) is 26.2 Å². The van der Waals surface area contributed by atoms with E-state index in [0.717, 1.165) is 6.42 Å². The zero-order valence-electron chi connectivity index (χ0n) is 17.2. The van der Waals surface area contributed by atoms with Crippen LogP contribution in [0.15, 0.2) is 24.3 Å². The van der Waals surface area contributed by atoms with E-state index in [1.165, 1.54) is 0 Å². The van der Waals surface area contributed by atoms with E-state index in [-0.39, 0.29) is 43.1 Å². The van der Waals surface area contributed by atoms with E-state index >= 15 is 0 Å². The molecule has 0 aliphatic carbocycles. The number of hydrogen-bond acceptors (Lipinski definition) is 5. The van der Waals surface area contributed by atoms with Gasteiger partial charge in [-0.15, -0.1) is 0 Å². The summed E-state index contributed by atoms with van der Waals surface area (Å²) in [6.45, 7) is 5.49. The molecule has 2 aliphatic rings. The van der Waals surface area contributed by atoms with Crippen LogP contribution in [0.3, 0.4) is 0 Å². The molecule has 29 heavy (non-hydrogen) atoms. The molecule has 1 N–H and O–H groups in total. The first kappa shape index (κ1) is 21.3. The number of amides is 2. The Bertz CT molecular complexity index is 763. The normalized spacial score (nSPS) is 21.7. The van der Waals surface area contributed by atoms with Crippen molar-refractivity contribution in [1.82, 2.24) is 10.2 Å². The number of rotatable bonds is 7. The molecule has 7 nitrogen and oxygen atoms in total. The van der Waals surface area contributed by atoms with Gasteiger partial charge in [-0.1, -0.05) is 12.1 Å². The van der Waals surface area contributed by atoms with Crippen molar-refractivity contribution in [3.8, 4) is 5.75 Å². The fourth-order valence-electron chi connectivity index (χ4n) is 3.82. The highest BCUT2D eigenvalue weighted by atomic mass is 16.5. The van der Waals surface area contributed by atoms with E-state index < -0.39 is 5.60 Å². The predicted molar refractivity (Wildman–Crippen MR) is 108 cm³/mol. The quantitative estimate of drug-likeness (QED) is 0.708. The average Bonchev–Trinajstić information content (AvgIpc) is 2.82. The minimum absolute atomic E-state index is 0.0322. The lowest BCUT2D eigenvalue weighted by atomic mass is 9.84. The van der Waals surface area contributed by atoms with E-state index in [0.29, 0.717) is 43.9 Å². The third-order valence-corrected chi connectivity index (χ3v) is 5.41. The van der Waals surface area contributed by atoms with Crippen molar-refractivity contribution in [3.05, 3.63) is 29.8 Å². The van der Waals surface area contributed by atoms with Crippen molar-refractivity contribution >= 4 is 17.6 Å². The van der Waals surface area contributed by atoms with Crippen LogP contribution in [0.5, 0.6) is 5.75 Å². The molecule has 2 amide bonds. The van der Waals surface area contributed by atoms with Gasteiger partial charge in [0, 0.05) is 32.5 Å². The molecule has 3 rings (SSSR count). The number of para-hydroxylation sites is 1. The van der Waals surface area contributed by atoms with Gasteiger partial charge < -0.3 is 19.7 Å². The average molecular weight is 402 g/mol. The predicted octanol–water partition coefficient (Wildman–Crippen LogP) is 2.33. The third kappa shape index (κ3) is 5.56. The Balaban J connectivity index is 1.52. The van der Waals surface area contributed by atoms with Crippen LogP contribution in [0.1, 0.15) is 56.3 Å². The lowest BCUT2D eigenvalue weighted by Crippen LogP contribution is -2.44. The number of nitrogens with zero attached hydrogens (tertiary/aromatic N) is 1. The molecule has 1 saturated heterocycles. The van der Waals surface area contributed by atoms with Gasteiger partial charge in [-0.25, -0.2) is 0 Å². The summed E-state index contributed by atoms with van der Waals surface area (Å²) in [5.74, 6) is 0.389. The summed E-state index contributed by atoms with van der Waals surface area (Å²) in [5.41, 5.74) is -0.0630. The van der Waals surface area contributed by atoms with Gasteiger partial charge in [0.05, 0.1) is 24.6 Å². The summed E-state index contributed by atoms with van der Waals surface area (Å²) in [6, 6.07) is 7.24. The van der Waals surface area contributed by atoms with E-state index in [1.54, 1.807) is 17.0 Å². The molecule has 7 heteroatoms. The number of ether oxygens (including phenoxy) is 2. The molecule has 1 unspecified atom stereocenters. The largest absolute Gasteiger partial charge is 0.486 e. The van der Waals surface area contributed by atoms with Crippen LogP contribution in [0, 0.1) is 0 Å². The summed E-state index contributed by atoms with van der Waals surface area (Å²) < 4.78 is 11.7. The summed E-state index contributed by atoms with van der Waals surface area (Å²) in [6.07, 6.45) is 2.47. The Morgan fingerprint density at radius 2 is 2.07 bits per heavy atom. The standard InChI is InChI=1S/C22H30N2O5/c1-16(2)28-13-5-11-23-20(26)15-24-12-10-22(9-8-21(24)27)14-18(25)17-6-3-4-7-19(17)29-22/h3-4,6-7,16H,5,8-15H2,1-2H3,(H,23,26). The highest BCUT2D eigenvalue weighted by Crippen LogP contribution is 2.39. The van der Waals surface area contributed by atoms with E-state index in [2.05, 4.69) is 5.32 Å². The van der Waals surface area contributed by atoms with Crippen molar-refractivity contribution in [2.24, 2.45) is 0 Å². The van der Waals surface area contributed by atoms with Gasteiger partial charge in [-0.2, -0.15) is 0 Å². The van der Waals surface area contributed by atoms with Gasteiger partial charge in [-0.05, 0) is 38.8 Å². The molecule has 1 aromatic carbocycles. The van der Waals surface area contributed by atoms with Crippen LogP contribution in [0.2, 0.25) is 0 Å². The number of benzene rings is 1. The maximum absolute atomic E-state index is 12.6. The maximum Gasteiger partial charge on any atom is 0.239 e. The summed E-state index contributed by atoms with van der Waals surface area (Å²) >= 11 is 0. The smallest absolute Gasteiger partial charge is 0.239 e. The molecular weight excluding hydrogens is 372 g/mol. The van der Waals surface area contributed by atoms with Crippen LogP contribution < -0.4 is 10.1 Å². The van der Waals surface area contributed by atoms with Crippen molar-refractivity contribution in [1.29, 1.82) is 0 Å². The monoisotopic (exact) mass is 402 g/mol. The molecule has 0 bridgehead atoms. The maximum atomic E-state index is 12.6. The van der Waals surface area contributed by atoms with E-state index in [4.69, 9.17) is 9.47 Å². The van der Waals surface area contributed by atoms with Gasteiger partial charge in [0.1, 0.15) is 11.4 Å². The number of hydrogen-bond donors (Lipinski definition) is 1. The zero-order chi connectivity index (χ0) is 20.9. The SMILES string of the molecule is CC(C)OCCCNC(=O)CN1CCC2(CCC1=O)CC(=O)c1ccccc1O2. The number of ketones is 1. The number of carbonyl (C=O) groups is 3. The number of likely N-dealkylation sites (tertiary alicyclic amines) is 1. The first-order valence-electron chi connectivity index (χ1n) is 10.4. The fourth-order valence-corrected chi connectivity index (χ4v) is 3.82. The Morgan fingerprint density at radius 3 is 2.86 bits per heavy atom. The van der Waals surface area contributed by atoms with Crippen LogP contribution in [-0.4, -0.2) is 60.4 Å². The molecule has 2 aliphatic heterocycles. The number of fused-ring (bicyclic) bond motifs is 1. The number of Topliss-reactive ketones (excluding diaryl/α,β-unsaturated/α-hetero) is 1. The Kier molecular flexibility index (Phi) is 6.90. The van der Waals surface area contributed by atoms with Gasteiger partial charge in [0.15, 0.2) is 5.78 Å². The summed E-state index contributed by atoms with van der Waals surface area (Å²) in [4.78, 5) is 38.9. The van der Waals surface area contributed by atoms with Crippen LogP contribution in [0.4, 0.5) is 0 Å². The molecule has 158 valence electrons. The lowest BCUT2D eigenvalue weighted by molar-refractivity contribution is -0.135. The summed E-state index contributed by atoms with van der Waals surface area (Å²) in [7, 11) is 0. The molecular formula is C22H30N2O5. The highest BCUT2D eigenvalue weighted by molar-refractivity contribution is 6.00. The van der Waals surface area contributed by atoms with Gasteiger partial charge in [-0.3, -0.25) is 14.4 Å². The molecule has 2 heterocycles. The molecule has 0 aromatic heterocycles. The van der Waals surface area contributed by atoms with Gasteiger partial charge in [0.2, 0.25) is 11.8 Å². The Labute approximate surface area is 171 Å².